The summed E-state index contributed by atoms with van der Waals surface area (Å²) in [7, 11) is -0.899. The van der Waals surface area contributed by atoms with E-state index >= 15 is 0 Å². The van der Waals surface area contributed by atoms with Crippen LogP contribution in [0, 0.1) is 5.82 Å². The molecule has 0 radical (unpaired) electrons. The van der Waals surface area contributed by atoms with E-state index in [2.05, 4.69) is 4.72 Å². The van der Waals surface area contributed by atoms with Crippen molar-refractivity contribution >= 4 is 10.0 Å². The van der Waals surface area contributed by atoms with Gasteiger partial charge in [-0.1, -0.05) is 0 Å². The summed E-state index contributed by atoms with van der Waals surface area (Å²) >= 11 is 0. The second-order valence-electron chi connectivity index (χ2n) is 4.72. The van der Waals surface area contributed by atoms with Gasteiger partial charge in [-0.3, -0.25) is 0 Å². The van der Waals surface area contributed by atoms with Crippen LogP contribution in [0.3, 0.4) is 0 Å². The number of hydrogen-bond donors (Lipinski definition) is 1. The van der Waals surface area contributed by atoms with Crippen molar-refractivity contribution in [3.05, 3.63) is 48.3 Å². The summed E-state index contributed by atoms with van der Waals surface area (Å²) in [4.78, 5) is 0.00702. The Bertz CT molecular complexity index is 778. The molecule has 1 N–H and O–H groups in total. The lowest BCUT2D eigenvalue weighted by molar-refractivity contribution is 0.322. The third kappa shape index (κ3) is 4.59. The zero-order valence-electron chi connectivity index (χ0n) is 13.3. The van der Waals surface area contributed by atoms with E-state index < -0.39 is 10.0 Å². The highest BCUT2D eigenvalue weighted by Gasteiger charge is 2.19. The lowest BCUT2D eigenvalue weighted by Gasteiger charge is -2.12. The molecule has 130 valence electrons. The smallest absolute Gasteiger partial charge is 0.244 e. The Labute approximate surface area is 140 Å². The molecular weight excluding hydrogens is 337 g/mol. The number of benzene rings is 2. The molecule has 0 amide bonds. The van der Waals surface area contributed by atoms with Gasteiger partial charge in [0.2, 0.25) is 10.0 Å². The molecule has 0 aliphatic rings. The van der Waals surface area contributed by atoms with Crippen LogP contribution in [0.2, 0.25) is 0 Å². The van der Waals surface area contributed by atoms with Gasteiger partial charge in [0.1, 0.15) is 34.6 Å². The van der Waals surface area contributed by atoms with Crippen molar-refractivity contribution in [3.63, 3.8) is 0 Å². The fourth-order valence-electron chi connectivity index (χ4n) is 1.95. The van der Waals surface area contributed by atoms with Gasteiger partial charge in [0.05, 0.1) is 14.2 Å². The van der Waals surface area contributed by atoms with Gasteiger partial charge < -0.3 is 14.2 Å². The lowest BCUT2D eigenvalue weighted by atomic mass is 10.3. The van der Waals surface area contributed by atoms with E-state index in [1.165, 1.54) is 56.7 Å². The van der Waals surface area contributed by atoms with Crippen LogP contribution in [0.4, 0.5) is 4.39 Å². The van der Waals surface area contributed by atoms with Crippen LogP contribution in [-0.4, -0.2) is 35.8 Å². The molecule has 2 aromatic carbocycles. The Morgan fingerprint density at radius 2 is 1.67 bits per heavy atom. The van der Waals surface area contributed by atoms with Gasteiger partial charge in [-0.05, 0) is 36.4 Å². The van der Waals surface area contributed by atoms with Crippen LogP contribution >= 0.6 is 0 Å². The molecule has 0 unspecified atom stereocenters. The Balaban J connectivity index is 1.97. The molecule has 0 saturated carbocycles. The minimum atomic E-state index is -3.76. The van der Waals surface area contributed by atoms with E-state index in [0.29, 0.717) is 11.5 Å². The molecule has 0 bridgehead atoms. The quantitative estimate of drug-likeness (QED) is 0.735. The average Bonchev–Trinajstić information content (AvgIpc) is 2.59. The third-order valence-corrected chi connectivity index (χ3v) is 4.64. The maximum Gasteiger partial charge on any atom is 0.244 e. The number of hydrogen-bond acceptors (Lipinski definition) is 5. The summed E-state index contributed by atoms with van der Waals surface area (Å²) in [6.45, 7) is 0.151. The maximum atomic E-state index is 12.8. The number of rotatable bonds is 8. The van der Waals surface area contributed by atoms with E-state index in [1.54, 1.807) is 0 Å². The SMILES string of the molecule is COc1ccc(S(=O)(=O)NCCOc2ccc(F)cc2)c(OC)c1. The van der Waals surface area contributed by atoms with E-state index in [9.17, 15) is 12.8 Å². The molecule has 2 rings (SSSR count). The van der Waals surface area contributed by atoms with Crippen molar-refractivity contribution in [2.24, 2.45) is 0 Å². The van der Waals surface area contributed by atoms with Crippen LogP contribution in [0.1, 0.15) is 0 Å². The molecule has 2 aromatic rings. The molecule has 8 heteroatoms. The summed E-state index contributed by atoms with van der Waals surface area (Å²) in [5.41, 5.74) is 0. The van der Waals surface area contributed by atoms with E-state index in [0.717, 1.165) is 0 Å². The molecule has 0 aliphatic heterocycles. The molecule has 0 aromatic heterocycles. The topological polar surface area (TPSA) is 73.9 Å². The number of nitrogens with one attached hydrogen (secondary N) is 1. The van der Waals surface area contributed by atoms with Crippen LogP contribution in [0.5, 0.6) is 17.2 Å². The monoisotopic (exact) mass is 355 g/mol. The fourth-order valence-corrected chi connectivity index (χ4v) is 3.11. The Hall–Kier alpha value is -2.32. The zero-order valence-corrected chi connectivity index (χ0v) is 14.1. The average molecular weight is 355 g/mol. The van der Waals surface area contributed by atoms with E-state index in [4.69, 9.17) is 14.2 Å². The van der Waals surface area contributed by atoms with Gasteiger partial charge >= 0.3 is 0 Å². The predicted molar refractivity (Wildman–Crippen MR) is 86.6 cm³/mol. The maximum absolute atomic E-state index is 12.8. The van der Waals surface area contributed by atoms with Crippen molar-refractivity contribution in [2.75, 3.05) is 27.4 Å². The Kier molecular flexibility index (Phi) is 5.99. The first-order valence-corrected chi connectivity index (χ1v) is 8.54. The summed E-state index contributed by atoms with van der Waals surface area (Å²) in [5, 5.41) is 0. The first kappa shape index (κ1) is 18.0. The van der Waals surface area contributed by atoms with Crippen molar-refractivity contribution in [1.29, 1.82) is 0 Å². The minimum Gasteiger partial charge on any atom is -0.497 e. The van der Waals surface area contributed by atoms with Crippen molar-refractivity contribution in [3.8, 4) is 17.2 Å². The van der Waals surface area contributed by atoms with Crippen molar-refractivity contribution < 1.29 is 27.0 Å². The minimum absolute atomic E-state index is 0.00702. The largest absolute Gasteiger partial charge is 0.497 e. The predicted octanol–water partition coefficient (Wildman–Crippen LogP) is 2.20. The van der Waals surface area contributed by atoms with Gasteiger partial charge in [0, 0.05) is 12.6 Å². The summed E-state index contributed by atoms with van der Waals surface area (Å²) in [5.74, 6) is 0.763. The highest BCUT2D eigenvalue weighted by molar-refractivity contribution is 7.89. The highest BCUT2D eigenvalue weighted by atomic mass is 32.2. The Morgan fingerprint density at radius 1 is 1.00 bits per heavy atom. The van der Waals surface area contributed by atoms with Crippen LogP contribution < -0.4 is 18.9 Å². The van der Waals surface area contributed by atoms with Crippen LogP contribution in [0.15, 0.2) is 47.4 Å². The summed E-state index contributed by atoms with van der Waals surface area (Å²) in [6, 6.07) is 9.90. The molecule has 0 spiro atoms. The van der Waals surface area contributed by atoms with Gasteiger partial charge in [-0.15, -0.1) is 0 Å². The summed E-state index contributed by atoms with van der Waals surface area (Å²) in [6.07, 6.45) is 0. The molecule has 24 heavy (non-hydrogen) atoms. The summed E-state index contributed by atoms with van der Waals surface area (Å²) < 4.78 is 55.3. The fraction of sp³-hybridized carbons (Fsp3) is 0.250. The normalized spacial score (nSPS) is 11.1. The second kappa shape index (κ2) is 7.98. The van der Waals surface area contributed by atoms with E-state index in [1.807, 2.05) is 0 Å². The molecule has 0 aliphatic carbocycles. The van der Waals surface area contributed by atoms with Gasteiger partial charge in [0.25, 0.3) is 0 Å². The standard InChI is InChI=1S/C16H18FNO5S/c1-21-14-7-8-16(15(11-14)22-2)24(19,20)18-9-10-23-13-5-3-12(17)4-6-13/h3-8,11,18H,9-10H2,1-2H3. The lowest BCUT2D eigenvalue weighted by Crippen LogP contribution is -2.28. The molecule has 0 atom stereocenters. The van der Waals surface area contributed by atoms with Crippen molar-refractivity contribution in [1.82, 2.24) is 4.72 Å². The number of methoxy groups -OCH3 is 2. The van der Waals surface area contributed by atoms with Crippen molar-refractivity contribution in [2.45, 2.75) is 4.90 Å². The third-order valence-electron chi connectivity index (χ3n) is 3.14. The van der Waals surface area contributed by atoms with Gasteiger partial charge in [0.15, 0.2) is 0 Å². The Morgan fingerprint density at radius 3 is 2.29 bits per heavy atom. The second-order valence-corrected chi connectivity index (χ2v) is 6.45. The molecule has 0 fully saturated rings. The zero-order chi connectivity index (χ0) is 17.6. The first-order chi connectivity index (χ1) is 11.5. The van der Waals surface area contributed by atoms with E-state index in [-0.39, 0.29) is 29.6 Å². The highest BCUT2D eigenvalue weighted by Crippen LogP contribution is 2.28. The molecule has 0 saturated heterocycles. The number of ether oxygens (including phenoxy) is 3. The van der Waals surface area contributed by atoms with Crippen LogP contribution in [-0.2, 0) is 10.0 Å². The molecular formula is C16H18FNO5S. The van der Waals surface area contributed by atoms with Crippen LogP contribution in [0.25, 0.3) is 0 Å². The molecule has 0 heterocycles. The first-order valence-electron chi connectivity index (χ1n) is 7.06. The number of halogens is 1. The van der Waals surface area contributed by atoms with Gasteiger partial charge in [-0.25, -0.2) is 17.5 Å². The number of sulfonamides is 1. The molecule has 6 nitrogen and oxygen atoms in total. The van der Waals surface area contributed by atoms with Gasteiger partial charge in [-0.2, -0.15) is 0 Å².